The zero-order valence-electron chi connectivity index (χ0n) is 10.3. The molecule has 0 unspecified atom stereocenters. The molecule has 98 valence electrons. The molecule has 0 saturated carbocycles. The monoisotopic (exact) mass is 252 g/mol. The highest BCUT2D eigenvalue weighted by Gasteiger charge is 2.22. The number of anilines is 2. The van der Waals surface area contributed by atoms with Gasteiger partial charge in [0.05, 0.1) is 11.5 Å². The Bertz CT molecular complexity index is 462. The van der Waals surface area contributed by atoms with Gasteiger partial charge in [-0.05, 0) is 19.1 Å². The predicted octanol–water partition coefficient (Wildman–Crippen LogP) is 0.948. The summed E-state index contributed by atoms with van der Waals surface area (Å²) in [5, 5.41) is 14.1. The maximum atomic E-state index is 11.1. The van der Waals surface area contributed by atoms with Crippen LogP contribution in [0, 0.1) is 10.1 Å². The number of carbonyl (C=O) groups excluding carboxylic acids is 1. The van der Waals surface area contributed by atoms with Gasteiger partial charge in [0.1, 0.15) is 11.4 Å². The zero-order chi connectivity index (χ0) is 13.7. The van der Waals surface area contributed by atoms with Crippen molar-refractivity contribution in [3.63, 3.8) is 0 Å². The second-order valence-corrected chi connectivity index (χ2v) is 3.78. The molecule has 0 atom stereocenters. The molecule has 1 rings (SSSR count). The number of rotatable bonds is 6. The van der Waals surface area contributed by atoms with E-state index in [0.29, 0.717) is 17.9 Å². The third kappa shape index (κ3) is 3.09. The quantitative estimate of drug-likeness (QED) is 0.579. The maximum absolute atomic E-state index is 11.1. The number of nitrogens with zero attached hydrogens (tertiary/aromatic N) is 2. The van der Waals surface area contributed by atoms with Crippen LogP contribution < -0.4 is 16.0 Å². The summed E-state index contributed by atoms with van der Waals surface area (Å²) in [5.41, 5.74) is 5.82. The minimum Gasteiger partial charge on any atom is -0.380 e. The van der Waals surface area contributed by atoms with Gasteiger partial charge in [-0.25, -0.2) is 0 Å². The summed E-state index contributed by atoms with van der Waals surface area (Å²) in [6.45, 7) is 2.35. The Morgan fingerprint density at radius 2 is 2.22 bits per heavy atom. The summed E-state index contributed by atoms with van der Waals surface area (Å²) in [4.78, 5) is 23.0. The number of hydrogen-bond acceptors (Lipinski definition) is 5. The molecule has 18 heavy (non-hydrogen) atoms. The van der Waals surface area contributed by atoms with E-state index in [-0.39, 0.29) is 12.2 Å². The van der Waals surface area contributed by atoms with E-state index < -0.39 is 10.8 Å². The highest BCUT2D eigenvalue weighted by atomic mass is 16.6. The largest absolute Gasteiger partial charge is 0.380 e. The normalized spacial score (nSPS) is 9.89. The van der Waals surface area contributed by atoms with Crippen LogP contribution in [-0.4, -0.2) is 31.0 Å². The molecule has 1 aromatic carbocycles. The van der Waals surface area contributed by atoms with E-state index in [0.717, 1.165) is 0 Å². The summed E-state index contributed by atoms with van der Waals surface area (Å²) < 4.78 is 0. The van der Waals surface area contributed by atoms with Crippen molar-refractivity contribution in [2.45, 2.75) is 6.92 Å². The Kier molecular flexibility index (Phi) is 4.47. The van der Waals surface area contributed by atoms with Gasteiger partial charge in [0.25, 0.3) is 0 Å². The van der Waals surface area contributed by atoms with Crippen LogP contribution in [0.25, 0.3) is 0 Å². The van der Waals surface area contributed by atoms with Crippen LogP contribution in [-0.2, 0) is 4.79 Å². The van der Waals surface area contributed by atoms with Gasteiger partial charge in [0, 0.05) is 13.6 Å². The van der Waals surface area contributed by atoms with Crippen molar-refractivity contribution in [2.75, 3.05) is 30.4 Å². The Labute approximate surface area is 105 Å². The number of carbonyl (C=O) groups is 1. The first-order chi connectivity index (χ1) is 8.47. The molecule has 0 radical (unpaired) electrons. The lowest BCUT2D eigenvalue weighted by molar-refractivity contribution is -0.383. The minimum atomic E-state index is -0.541. The Morgan fingerprint density at radius 1 is 1.56 bits per heavy atom. The van der Waals surface area contributed by atoms with Gasteiger partial charge in [-0.15, -0.1) is 0 Å². The van der Waals surface area contributed by atoms with Crippen molar-refractivity contribution < 1.29 is 9.72 Å². The van der Waals surface area contributed by atoms with Gasteiger partial charge < -0.3 is 16.0 Å². The molecule has 0 aliphatic carbocycles. The first-order valence-corrected chi connectivity index (χ1v) is 5.48. The molecule has 0 aliphatic heterocycles. The number of nitrogens with one attached hydrogen (secondary N) is 1. The maximum Gasteiger partial charge on any atom is 0.315 e. The average molecular weight is 252 g/mol. The standard InChI is InChI=1S/C11H16N4O3/c1-3-13-8-5-4-6-9(11(8)15(17)18)14(2)7-10(12)16/h4-6,13H,3,7H2,1-2H3,(H2,12,16). The van der Waals surface area contributed by atoms with Crippen molar-refractivity contribution in [3.05, 3.63) is 28.3 Å². The number of benzene rings is 1. The summed E-state index contributed by atoms with van der Waals surface area (Å²) in [7, 11) is 1.59. The van der Waals surface area contributed by atoms with Gasteiger partial charge in [-0.1, -0.05) is 6.07 Å². The molecule has 1 amide bonds. The van der Waals surface area contributed by atoms with E-state index in [4.69, 9.17) is 5.73 Å². The van der Waals surface area contributed by atoms with Crippen LogP contribution in [0.5, 0.6) is 0 Å². The number of likely N-dealkylation sites (N-methyl/N-ethyl adjacent to an activating group) is 1. The van der Waals surface area contributed by atoms with Crippen LogP contribution >= 0.6 is 0 Å². The lowest BCUT2D eigenvalue weighted by atomic mass is 10.2. The van der Waals surface area contributed by atoms with Gasteiger partial charge >= 0.3 is 5.69 Å². The summed E-state index contributed by atoms with van der Waals surface area (Å²) >= 11 is 0. The number of nitro benzene ring substituents is 1. The van der Waals surface area contributed by atoms with E-state index in [9.17, 15) is 14.9 Å². The Balaban J connectivity index is 3.21. The SMILES string of the molecule is CCNc1cccc(N(C)CC(N)=O)c1[N+](=O)[O-]. The van der Waals surface area contributed by atoms with Crippen molar-refractivity contribution in [1.82, 2.24) is 0 Å². The van der Waals surface area contributed by atoms with E-state index in [1.807, 2.05) is 6.92 Å². The van der Waals surface area contributed by atoms with E-state index >= 15 is 0 Å². The molecular formula is C11H16N4O3. The molecule has 0 fully saturated rings. The molecule has 0 bridgehead atoms. The summed E-state index contributed by atoms with van der Waals surface area (Å²) in [6, 6.07) is 4.91. The van der Waals surface area contributed by atoms with Crippen LogP contribution in [0.15, 0.2) is 18.2 Å². The molecule has 7 heteroatoms. The molecule has 0 saturated heterocycles. The van der Waals surface area contributed by atoms with Gasteiger partial charge in [-0.2, -0.15) is 0 Å². The van der Waals surface area contributed by atoms with Gasteiger partial charge in [0.15, 0.2) is 0 Å². The molecule has 1 aromatic rings. The van der Waals surface area contributed by atoms with E-state index in [2.05, 4.69) is 5.32 Å². The summed E-state index contributed by atoms with van der Waals surface area (Å²) in [6.07, 6.45) is 0. The highest BCUT2D eigenvalue weighted by Crippen LogP contribution is 2.34. The molecule has 0 aliphatic rings. The summed E-state index contributed by atoms with van der Waals surface area (Å²) in [5.74, 6) is -0.541. The number of amides is 1. The van der Waals surface area contributed by atoms with E-state index in [1.54, 1.807) is 25.2 Å². The predicted molar refractivity (Wildman–Crippen MR) is 69.7 cm³/mol. The van der Waals surface area contributed by atoms with Crippen molar-refractivity contribution in [1.29, 1.82) is 0 Å². The Morgan fingerprint density at radius 3 is 2.72 bits per heavy atom. The molecule has 3 N–H and O–H groups in total. The lowest BCUT2D eigenvalue weighted by Gasteiger charge is -2.18. The number of nitrogens with two attached hydrogens (primary N) is 1. The van der Waals surface area contributed by atoms with Crippen molar-refractivity contribution in [2.24, 2.45) is 5.73 Å². The fourth-order valence-electron chi connectivity index (χ4n) is 1.68. The third-order valence-corrected chi connectivity index (χ3v) is 2.37. The first kappa shape index (κ1) is 13.8. The second-order valence-electron chi connectivity index (χ2n) is 3.78. The van der Waals surface area contributed by atoms with Crippen LogP contribution in [0.4, 0.5) is 17.1 Å². The van der Waals surface area contributed by atoms with E-state index in [1.165, 1.54) is 4.90 Å². The molecule has 7 nitrogen and oxygen atoms in total. The van der Waals surface area contributed by atoms with Crippen molar-refractivity contribution >= 4 is 23.0 Å². The minimum absolute atomic E-state index is 0.0527. The number of para-hydroxylation sites is 1. The average Bonchev–Trinajstić information content (AvgIpc) is 2.27. The third-order valence-electron chi connectivity index (χ3n) is 2.37. The van der Waals surface area contributed by atoms with Crippen molar-refractivity contribution in [3.8, 4) is 0 Å². The van der Waals surface area contributed by atoms with Gasteiger partial charge in [0.2, 0.25) is 5.91 Å². The topological polar surface area (TPSA) is 102 Å². The zero-order valence-corrected chi connectivity index (χ0v) is 10.3. The molecule has 0 heterocycles. The van der Waals surface area contributed by atoms with Crippen LogP contribution in [0.1, 0.15) is 6.92 Å². The fourth-order valence-corrected chi connectivity index (χ4v) is 1.68. The number of hydrogen-bond donors (Lipinski definition) is 2. The fraction of sp³-hybridized carbons (Fsp3) is 0.364. The van der Waals surface area contributed by atoms with Crippen LogP contribution in [0.3, 0.4) is 0 Å². The smallest absolute Gasteiger partial charge is 0.315 e. The molecule has 0 aromatic heterocycles. The number of nitro groups is 1. The molecular weight excluding hydrogens is 236 g/mol. The van der Waals surface area contributed by atoms with Gasteiger partial charge in [-0.3, -0.25) is 14.9 Å². The van der Waals surface area contributed by atoms with Crippen LogP contribution in [0.2, 0.25) is 0 Å². The molecule has 0 spiro atoms. The second kappa shape index (κ2) is 5.85. The lowest BCUT2D eigenvalue weighted by Crippen LogP contribution is -2.31. The number of primary amides is 1. The Hall–Kier alpha value is -2.31. The highest BCUT2D eigenvalue weighted by molar-refractivity contribution is 5.83. The first-order valence-electron chi connectivity index (χ1n) is 5.48.